The number of nitrogens with zero attached hydrogens (tertiary/aromatic N) is 2. The van der Waals surface area contributed by atoms with Gasteiger partial charge in [0.15, 0.2) is 5.82 Å². The lowest BCUT2D eigenvalue weighted by molar-refractivity contribution is 0.506. The van der Waals surface area contributed by atoms with E-state index in [1.165, 1.54) is 5.56 Å². The largest absolute Gasteiger partial charge is 0.373 e. The number of benzene rings is 1. The Kier molecular flexibility index (Phi) is 4.31. The number of hydrogen-bond acceptors (Lipinski definition) is 3. The molecule has 3 heteroatoms. The first-order chi connectivity index (χ1) is 9.89. The van der Waals surface area contributed by atoms with Crippen LogP contribution >= 0.6 is 0 Å². The number of hydrogen-bond donors (Lipinski definition) is 1. The molecule has 0 aliphatic heterocycles. The predicted octanol–water partition coefficient (Wildman–Crippen LogP) is 4.49. The van der Waals surface area contributed by atoms with E-state index in [-0.39, 0.29) is 5.41 Å². The van der Waals surface area contributed by atoms with E-state index in [1.54, 1.807) is 0 Å². The first-order valence-corrected chi connectivity index (χ1v) is 7.53. The highest BCUT2D eigenvalue weighted by atomic mass is 15.0. The standard InChI is InChI=1S/C18H25N3/c1-7-18(4,5)15-10-8-14(9-11-15)17-20-13(3)12(2)16(19-6)21-17/h8-11H,7H2,1-6H3,(H,19,20,21). The second-order valence-electron chi connectivity index (χ2n) is 6.17. The van der Waals surface area contributed by atoms with E-state index < -0.39 is 0 Å². The third-order valence-electron chi connectivity index (χ3n) is 4.43. The predicted molar refractivity (Wildman–Crippen MR) is 89.8 cm³/mol. The maximum absolute atomic E-state index is 4.61. The molecule has 0 saturated carbocycles. The van der Waals surface area contributed by atoms with Gasteiger partial charge in [0.1, 0.15) is 5.82 Å². The summed E-state index contributed by atoms with van der Waals surface area (Å²) >= 11 is 0. The Balaban J connectivity index is 2.42. The number of nitrogens with one attached hydrogen (secondary N) is 1. The van der Waals surface area contributed by atoms with E-state index in [2.05, 4.69) is 60.3 Å². The minimum atomic E-state index is 0.207. The van der Waals surface area contributed by atoms with Crippen LogP contribution in [0.15, 0.2) is 24.3 Å². The Morgan fingerprint density at radius 2 is 1.67 bits per heavy atom. The molecule has 0 aliphatic rings. The van der Waals surface area contributed by atoms with Crippen molar-refractivity contribution in [2.45, 2.75) is 46.5 Å². The first-order valence-electron chi connectivity index (χ1n) is 7.53. The summed E-state index contributed by atoms with van der Waals surface area (Å²) in [5, 5.41) is 3.14. The molecule has 112 valence electrons. The number of aryl methyl sites for hydroxylation is 1. The van der Waals surface area contributed by atoms with Gasteiger partial charge < -0.3 is 5.32 Å². The first kappa shape index (κ1) is 15.5. The third-order valence-corrected chi connectivity index (χ3v) is 4.43. The summed E-state index contributed by atoms with van der Waals surface area (Å²) in [6.07, 6.45) is 1.12. The van der Waals surface area contributed by atoms with Crippen molar-refractivity contribution in [2.75, 3.05) is 12.4 Å². The van der Waals surface area contributed by atoms with E-state index in [0.717, 1.165) is 34.9 Å². The van der Waals surface area contributed by atoms with Crippen LogP contribution in [0.4, 0.5) is 5.82 Å². The third kappa shape index (κ3) is 3.07. The van der Waals surface area contributed by atoms with E-state index in [4.69, 9.17) is 0 Å². The molecular formula is C18H25N3. The fraction of sp³-hybridized carbons (Fsp3) is 0.444. The van der Waals surface area contributed by atoms with Crippen LogP contribution in [0, 0.1) is 13.8 Å². The lowest BCUT2D eigenvalue weighted by Gasteiger charge is -2.23. The maximum Gasteiger partial charge on any atom is 0.161 e. The fourth-order valence-corrected chi connectivity index (χ4v) is 2.28. The zero-order chi connectivity index (χ0) is 15.6. The summed E-state index contributed by atoms with van der Waals surface area (Å²) in [4.78, 5) is 9.22. The Morgan fingerprint density at radius 3 is 2.19 bits per heavy atom. The average molecular weight is 283 g/mol. The zero-order valence-electron chi connectivity index (χ0n) is 13.9. The molecule has 0 spiro atoms. The molecule has 0 radical (unpaired) electrons. The topological polar surface area (TPSA) is 37.8 Å². The minimum absolute atomic E-state index is 0.207. The Bertz CT molecular complexity index is 628. The molecule has 1 heterocycles. The smallest absolute Gasteiger partial charge is 0.161 e. The van der Waals surface area contributed by atoms with E-state index in [9.17, 15) is 0 Å². The summed E-state index contributed by atoms with van der Waals surface area (Å²) in [6, 6.07) is 8.62. The second-order valence-corrected chi connectivity index (χ2v) is 6.17. The molecular weight excluding hydrogens is 258 g/mol. The summed E-state index contributed by atoms with van der Waals surface area (Å²) in [5.41, 5.74) is 4.74. The van der Waals surface area contributed by atoms with Crippen LogP contribution in [0.25, 0.3) is 11.4 Å². The Morgan fingerprint density at radius 1 is 1.05 bits per heavy atom. The molecule has 1 N–H and O–H groups in total. The molecule has 0 fully saturated rings. The van der Waals surface area contributed by atoms with Crippen molar-refractivity contribution in [3.8, 4) is 11.4 Å². The molecule has 0 unspecified atom stereocenters. The minimum Gasteiger partial charge on any atom is -0.373 e. The van der Waals surface area contributed by atoms with Gasteiger partial charge in [-0.3, -0.25) is 0 Å². The molecule has 0 aliphatic carbocycles. The van der Waals surface area contributed by atoms with Gasteiger partial charge in [0.05, 0.1) is 0 Å². The lowest BCUT2D eigenvalue weighted by atomic mass is 9.82. The van der Waals surface area contributed by atoms with E-state index in [0.29, 0.717) is 0 Å². The summed E-state index contributed by atoms with van der Waals surface area (Å²) in [5.74, 6) is 1.68. The van der Waals surface area contributed by atoms with Gasteiger partial charge in [0, 0.05) is 23.9 Å². The normalized spacial score (nSPS) is 11.5. The zero-order valence-corrected chi connectivity index (χ0v) is 13.9. The van der Waals surface area contributed by atoms with Gasteiger partial charge in [-0.05, 0) is 31.2 Å². The van der Waals surface area contributed by atoms with Crippen LogP contribution in [0.2, 0.25) is 0 Å². The van der Waals surface area contributed by atoms with Crippen molar-refractivity contribution in [3.63, 3.8) is 0 Å². The maximum atomic E-state index is 4.61. The van der Waals surface area contributed by atoms with Gasteiger partial charge >= 0.3 is 0 Å². The highest BCUT2D eigenvalue weighted by molar-refractivity contribution is 5.60. The summed E-state index contributed by atoms with van der Waals surface area (Å²) < 4.78 is 0. The van der Waals surface area contributed by atoms with E-state index >= 15 is 0 Å². The van der Waals surface area contributed by atoms with Gasteiger partial charge in [-0.15, -0.1) is 0 Å². The average Bonchev–Trinajstić information content (AvgIpc) is 2.50. The molecule has 0 amide bonds. The molecule has 3 nitrogen and oxygen atoms in total. The number of aromatic nitrogens is 2. The molecule has 2 rings (SSSR count). The van der Waals surface area contributed by atoms with Crippen molar-refractivity contribution in [1.82, 2.24) is 9.97 Å². The molecule has 2 aromatic rings. The molecule has 0 bridgehead atoms. The van der Waals surface area contributed by atoms with Crippen LogP contribution in [0.1, 0.15) is 44.0 Å². The van der Waals surface area contributed by atoms with Gasteiger partial charge in [0.2, 0.25) is 0 Å². The van der Waals surface area contributed by atoms with Crippen molar-refractivity contribution in [2.24, 2.45) is 0 Å². The van der Waals surface area contributed by atoms with Gasteiger partial charge in [0.25, 0.3) is 0 Å². The van der Waals surface area contributed by atoms with Crippen LogP contribution in [-0.4, -0.2) is 17.0 Å². The SMILES string of the molecule is CCC(C)(C)c1ccc(-c2nc(C)c(C)c(NC)n2)cc1. The van der Waals surface area contributed by atoms with Crippen molar-refractivity contribution < 1.29 is 0 Å². The lowest BCUT2D eigenvalue weighted by Crippen LogP contribution is -2.15. The van der Waals surface area contributed by atoms with Crippen LogP contribution in [-0.2, 0) is 5.41 Å². The summed E-state index contributed by atoms with van der Waals surface area (Å²) in [6.45, 7) is 10.8. The molecule has 21 heavy (non-hydrogen) atoms. The monoisotopic (exact) mass is 283 g/mol. The Hall–Kier alpha value is -1.90. The van der Waals surface area contributed by atoms with Gasteiger partial charge in [-0.1, -0.05) is 45.0 Å². The highest BCUT2D eigenvalue weighted by Crippen LogP contribution is 2.29. The number of rotatable bonds is 4. The quantitative estimate of drug-likeness (QED) is 0.898. The van der Waals surface area contributed by atoms with Crippen LogP contribution in [0.3, 0.4) is 0 Å². The van der Waals surface area contributed by atoms with Crippen molar-refractivity contribution in [1.29, 1.82) is 0 Å². The fourth-order valence-electron chi connectivity index (χ4n) is 2.28. The number of anilines is 1. The van der Waals surface area contributed by atoms with Crippen LogP contribution in [0.5, 0.6) is 0 Å². The molecule has 1 aromatic carbocycles. The van der Waals surface area contributed by atoms with Crippen molar-refractivity contribution in [3.05, 3.63) is 41.1 Å². The highest BCUT2D eigenvalue weighted by Gasteiger charge is 2.18. The van der Waals surface area contributed by atoms with E-state index in [1.807, 2.05) is 20.9 Å². The summed E-state index contributed by atoms with van der Waals surface area (Å²) in [7, 11) is 1.89. The van der Waals surface area contributed by atoms with Crippen molar-refractivity contribution >= 4 is 5.82 Å². The molecule has 0 atom stereocenters. The molecule has 1 aromatic heterocycles. The van der Waals surface area contributed by atoms with Gasteiger partial charge in [-0.25, -0.2) is 9.97 Å². The Labute approximate surface area is 127 Å². The van der Waals surface area contributed by atoms with Gasteiger partial charge in [-0.2, -0.15) is 0 Å². The molecule has 0 saturated heterocycles. The second kappa shape index (κ2) is 5.84. The van der Waals surface area contributed by atoms with Crippen LogP contribution < -0.4 is 5.32 Å².